The zero-order valence-electron chi connectivity index (χ0n) is 10.9. The van der Waals surface area contributed by atoms with Crippen molar-refractivity contribution in [1.29, 1.82) is 0 Å². The monoisotopic (exact) mass is 234 g/mol. The van der Waals surface area contributed by atoms with E-state index in [1.807, 2.05) is 24.3 Å². The lowest BCUT2D eigenvalue weighted by molar-refractivity contribution is 0.333. The minimum absolute atomic E-state index is 0.0262. The molecule has 2 rings (SSSR count). The first-order chi connectivity index (χ1) is 8.03. The molecule has 1 aromatic carbocycles. The van der Waals surface area contributed by atoms with E-state index in [2.05, 4.69) is 19.2 Å². The van der Waals surface area contributed by atoms with Crippen molar-refractivity contribution < 1.29 is 4.74 Å². The van der Waals surface area contributed by atoms with E-state index in [1.165, 1.54) is 12.8 Å². The Morgan fingerprint density at radius 1 is 1.35 bits per heavy atom. The fourth-order valence-electron chi connectivity index (χ4n) is 2.18. The van der Waals surface area contributed by atoms with E-state index in [4.69, 9.17) is 10.5 Å². The van der Waals surface area contributed by atoms with E-state index in [0.29, 0.717) is 12.0 Å². The van der Waals surface area contributed by atoms with Crippen LogP contribution < -0.4 is 15.8 Å². The van der Waals surface area contributed by atoms with Crippen molar-refractivity contribution in [2.45, 2.75) is 32.2 Å². The molecule has 0 aliphatic heterocycles. The zero-order valence-corrected chi connectivity index (χ0v) is 10.9. The van der Waals surface area contributed by atoms with Crippen molar-refractivity contribution in [2.75, 3.05) is 19.0 Å². The summed E-state index contributed by atoms with van der Waals surface area (Å²) in [4.78, 5) is 0. The van der Waals surface area contributed by atoms with Crippen LogP contribution in [0, 0.1) is 5.41 Å². The average Bonchev–Trinajstić information content (AvgIpc) is 3.10. The molecule has 0 spiro atoms. The molecule has 17 heavy (non-hydrogen) atoms. The van der Waals surface area contributed by atoms with Crippen LogP contribution in [0.15, 0.2) is 24.3 Å². The van der Waals surface area contributed by atoms with E-state index in [1.54, 1.807) is 7.11 Å². The molecule has 0 aromatic heterocycles. The van der Waals surface area contributed by atoms with Crippen LogP contribution in [0.4, 0.5) is 5.69 Å². The fourth-order valence-corrected chi connectivity index (χ4v) is 2.18. The summed E-state index contributed by atoms with van der Waals surface area (Å²) in [5.41, 5.74) is 7.36. The van der Waals surface area contributed by atoms with Crippen molar-refractivity contribution >= 4 is 5.69 Å². The Morgan fingerprint density at radius 3 is 2.35 bits per heavy atom. The van der Waals surface area contributed by atoms with E-state index in [9.17, 15) is 0 Å². The summed E-state index contributed by atoms with van der Waals surface area (Å²) in [5.74, 6) is 0.877. The van der Waals surface area contributed by atoms with Crippen LogP contribution in [0.3, 0.4) is 0 Å². The van der Waals surface area contributed by atoms with Crippen molar-refractivity contribution in [3.8, 4) is 5.75 Å². The van der Waals surface area contributed by atoms with Gasteiger partial charge in [0.2, 0.25) is 0 Å². The maximum atomic E-state index is 5.95. The Hall–Kier alpha value is -1.22. The lowest BCUT2D eigenvalue weighted by atomic mass is 9.83. The van der Waals surface area contributed by atoms with Gasteiger partial charge < -0.3 is 15.8 Å². The van der Waals surface area contributed by atoms with Gasteiger partial charge in [-0.05, 0) is 49.4 Å². The molecule has 0 amide bonds. The summed E-state index contributed by atoms with van der Waals surface area (Å²) < 4.78 is 5.15. The van der Waals surface area contributed by atoms with Crippen LogP contribution in [0.1, 0.15) is 26.7 Å². The number of anilines is 1. The normalized spacial score (nSPS) is 20.5. The summed E-state index contributed by atoms with van der Waals surface area (Å²) >= 11 is 0. The lowest BCUT2D eigenvalue weighted by Crippen LogP contribution is -2.49. The number of nitrogens with one attached hydrogen (secondary N) is 1. The van der Waals surface area contributed by atoms with Crippen LogP contribution in [0.25, 0.3) is 0 Å². The molecule has 3 heteroatoms. The van der Waals surface area contributed by atoms with Crippen molar-refractivity contribution in [3.63, 3.8) is 0 Å². The number of benzene rings is 1. The second kappa shape index (κ2) is 4.22. The predicted molar refractivity (Wildman–Crippen MR) is 71.4 cm³/mol. The number of nitrogens with two attached hydrogens (primary N) is 1. The van der Waals surface area contributed by atoms with Gasteiger partial charge in [0.25, 0.3) is 0 Å². The molecule has 1 unspecified atom stereocenters. The number of hydrogen-bond acceptors (Lipinski definition) is 3. The molecule has 0 bridgehead atoms. The van der Waals surface area contributed by atoms with E-state index < -0.39 is 0 Å². The van der Waals surface area contributed by atoms with Crippen LogP contribution in [-0.2, 0) is 0 Å². The topological polar surface area (TPSA) is 47.3 Å². The average molecular weight is 234 g/mol. The van der Waals surface area contributed by atoms with Crippen molar-refractivity contribution in [1.82, 2.24) is 0 Å². The van der Waals surface area contributed by atoms with E-state index in [-0.39, 0.29) is 5.54 Å². The third kappa shape index (κ3) is 2.25. The largest absolute Gasteiger partial charge is 0.497 e. The molecule has 1 fully saturated rings. The Kier molecular flexibility index (Phi) is 3.04. The second-order valence-electron chi connectivity index (χ2n) is 5.45. The number of rotatable bonds is 5. The summed E-state index contributed by atoms with van der Waals surface area (Å²) in [6, 6.07) is 8.01. The third-order valence-electron chi connectivity index (χ3n) is 4.25. The lowest BCUT2D eigenvalue weighted by Gasteiger charge is -2.37. The Bertz CT molecular complexity index is 384. The van der Waals surface area contributed by atoms with Crippen LogP contribution >= 0.6 is 0 Å². The standard InChI is InChI=1S/C14H22N2O/c1-13(8-9-13)14(2,10-15)16-11-4-6-12(17-3)7-5-11/h4-7,16H,8-10,15H2,1-3H3. The molecule has 3 nitrogen and oxygen atoms in total. The van der Waals surface area contributed by atoms with Gasteiger partial charge in [0.05, 0.1) is 12.6 Å². The summed E-state index contributed by atoms with van der Waals surface area (Å²) in [6.45, 7) is 5.16. The highest BCUT2D eigenvalue weighted by molar-refractivity contribution is 5.49. The number of ether oxygens (including phenoxy) is 1. The second-order valence-corrected chi connectivity index (χ2v) is 5.45. The molecular formula is C14H22N2O. The molecule has 94 valence electrons. The highest BCUT2D eigenvalue weighted by Crippen LogP contribution is 2.54. The highest BCUT2D eigenvalue weighted by atomic mass is 16.5. The van der Waals surface area contributed by atoms with Gasteiger partial charge in [-0.25, -0.2) is 0 Å². The van der Waals surface area contributed by atoms with Gasteiger partial charge >= 0.3 is 0 Å². The first-order valence-corrected chi connectivity index (χ1v) is 6.15. The molecule has 1 aliphatic rings. The van der Waals surface area contributed by atoms with Gasteiger partial charge in [0.15, 0.2) is 0 Å². The van der Waals surface area contributed by atoms with Crippen LogP contribution in [-0.4, -0.2) is 19.2 Å². The molecule has 1 aromatic rings. The third-order valence-corrected chi connectivity index (χ3v) is 4.25. The van der Waals surface area contributed by atoms with Gasteiger partial charge in [-0.3, -0.25) is 0 Å². The molecule has 0 radical (unpaired) electrons. The quantitative estimate of drug-likeness (QED) is 0.823. The summed E-state index contributed by atoms with van der Waals surface area (Å²) in [7, 11) is 1.68. The van der Waals surface area contributed by atoms with Gasteiger partial charge in [-0.15, -0.1) is 0 Å². The van der Waals surface area contributed by atoms with E-state index in [0.717, 1.165) is 11.4 Å². The molecule has 1 aliphatic carbocycles. The van der Waals surface area contributed by atoms with Crippen LogP contribution in [0.5, 0.6) is 5.75 Å². The Labute approximate surface area is 103 Å². The van der Waals surface area contributed by atoms with E-state index >= 15 is 0 Å². The smallest absolute Gasteiger partial charge is 0.119 e. The molecule has 0 saturated heterocycles. The van der Waals surface area contributed by atoms with Gasteiger partial charge in [0, 0.05) is 12.2 Å². The van der Waals surface area contributed by atoms with Crippen molar-refractivity contribution in [3.05, 3.63) is 24.3 Å². The number of hydrogen-bond donors (Lipinski definition) is 2. The Balaban J connectivity index is 2.12. The number of methoxy groups -OCH3 is 1. The first kappa shape index (κ1) is 12.2. The fraction of sp³-hybridized carbons (Fsp3) is 0.571. The van der Waals surface area contributed by atoms with Gasteiger partial charge in [0.1, 0.15) is 5.75 Å². The Morgan fingerprint density at radius 2 is 1.94 bits per heavy atom. The molecule has 1 saturated carbocycles. The SMILES string of the molecule is COc1ccc(NC(C)(CN)C2(C)CC2)cc1. The minimum atomic E-state index is -0.0262. The minimum Gasteiger partial charge on any atom is -0.497 e. The zero-order chi connectivity index (χ0) is 12.5. The molecular weight excluding hydrogens is 212 g/mol. The molecule has 0 heterocycles. The van der Waals surface area contributed by atoms with Gasteiger partial charge in [-0.1, -0.05) is 6.92 Å². The maximum Gasteiger partial charge on any atom is 0.119 e. The van der Waals surface area contributed by atoms with Gasteiger partial charge in [-0.2, -0.15) is 0 Å². The predicted octanol–water partition coefficient (Wildman–Crippen LogP) is 2.62. The maximum absolute atomic E-state index is 5.95. The summed E-state index contributed by atoms with van der Waals surface area (Å²) in [6.07, 6.45) is 2.51. The molecule has 3 N–H and O–H groups in total. The van der Waals surface area contributed by atoms with Crippen LogP contribution in [0.2, 0.25) is 0 Å². The summed E-state index contributed by atoms with van der Waals surface area (Å²) in [5, 5.41) is 3.58. The molecule has 1 atom stereocenters. The first-order valence-electron chi connectivity index (χ1n) is 6.15. The van der Waals surface area contributed by atoms with Crippen molar-refractivity contribution in [2.24, 2.45) is 11.1 Å². The highest BCUT2D eigenvalue weighted by Gasteiger charge is 2.52.